The molecule has 4 aromatic rings. The van der Waals surface area contributed by atoms with Crippen LogP contribution in [0.3, 0.4) is 0 Å². The highest BCUT2D eigenvalue weighted by Crippen LogP contribution is 2.33. The largest absolute Gasteiger partial charge is 0.394 e. The lowest BCUT2D eigenvalue weighted by Crippen LogP contribution is -2.47. The van der Waals surface area contributed by atoms with Crippen LogP contribution in [0.4, 0.5) is 0 Å². The zero-order chi connectivity index (χ0) is 23.6. The predicted octanol–water partition coefficient (Wildman–Crippen LogP) is 4.41. The molecule has 0 aliphatic carbocycles. The van der Waals surface area contributed by atoms with Gasteiger partial charge in [0.05, 0.1) is 26.6 Å². The number of hydrogen-bond acceptors (Lipinski definition) is 6. The molecule has 4 rings (SSSR count). The summed E-state index contributed by atoms with van der Waals surface area (Å²) in [5, 5.41) is 20.2. The Kier molecular flexibility index (Phi) is 7.26. The molecule has 7 heteroatoms. The highest BCUT2D eigenvalue weighted by Gasteiger charge is 2.22. The van der Waals surface area contributed by atoms with Crippen LogP contribution in [0, 0.1) is 0 Å². The molecule has 1 unspecified atom stereocenters. The van der Waals surface area contributed by atoms with Crippen molar-refractivity contribution in [1.29, 1.82) is 0 Å². The number of hydrogen-bond donors (Lipinski definition) is 3. The van der Waals surface area contributed by atoms with Crippen LogP contribution >= 0.6 is 23.1 Å². The van der Waals surface area contributed by atoms with E-state index in [0.29, 0.717) is 23.6 Å². The Labute approximate surface area is 202 Å². The van der Waals surface area contributed by atoms with Gasteiger partial charge in [-0.2, -0.15) is 0 Å². The maximum absolute atomic E-state index is 13.2. The van der Waals surface area contributed by atoms with Crippen molar-refractivity contribution in [3.63, 3.8) is 0 Å². The molecule has 3 aromatic carbocycles. The lowest BCUT2D eigenvalue weighted by Gasteiger charge is -2.24. The Morgan fingerprint density at radius 1 is 1.00 bits per heavy atom. The van der Waals surface area contributed by atoms with E-state index in [9.17, 15) is 15.0 Å². The van der Waals surface area contributed by atoms with Crippen LogP contribution in [0.2, 0.25) is 0 Å². The van der Waals surface area contributed by atoms with E-state index in [4.69, 9.17) is 13.6 Å². The second kappa shape index (κ2) is 9.99. The van der Waals surface area contributed by atoms with Gasteiger partial charge in [0.1, 0.15) is 0 Å². The Morgan fingerprint density at radius 2 is 1.76 bits per heavy atom. The van der Waals surface area contributed by atoms with Gasteiger partial charge in [0.2, 0.25) is 0 Å². The number of aliphatic hydroxyl groups excluding tert-OH is 2. The molecule has 1 atom stereocenters. The molecule has 0 saturated heterocycles. The third kappa shape index (κ3) is 5.34. The number of aryl methyl sites for hydroxylation is 1. The predicted molar refractivity (Wildman–Crippen MR) is 140 cm³/mol. The summed E-state index contributed by atoms with van der Waals surface area (Å²) >= 11 is 3.26. The summed E-state index contributed by atoms with van der Waals surface area (Å²) in [6.07, 6.45) is 1.01. The maximum Gasteiger partial charge on any atom is 0.195 e. The number of aliphatic hydroxyl groups is 2. The van der Waals surface area contributed by atoms with Gasteiger partial charge < -0.3 is 15.9 Å². The lowest BCUT2D eigenvalue weighted by molar-refractivity contribution is 0.115. The fraction of sp³-hybridized carbons (Fsp3) is 0.269. The molecule has 0 aliphatic heterocycles. The van der Waals surface area contributed by atoms with Crippen molar-refractivity contribution in [1.82, 2.24) is 0 Å². The van der Waals surface area contributed by atoms with Gasteiger partial charge >= 0.3 is 0 Å². The van der Waals surface area contributed by atoms with Gasteiger partial charge in [-0.3, -0.25) is 4.79 Å². The van der Waals surface area contributed by atoms with E-state index < -0.39 is 5.54 Å². The number of nitrogens with two attached hydrogens (primary N) is 1. The van der Waals surface area contributed by atoms with Gasteiger partial charge in [0, 0.05) is 30.0 Å². The second-order valence-electron chi connectivity index (χ2n) is 8.56. The molecule has 4 N–H and O–H groups in total. The summed E-state index contributed by atoms with van der Waals surface area (Å²) in [6.45, 7) is 1.40. The Morgan fingerprint density at radius 3 is 2.48 bits per heavy atom. The number of rotatable bonds is 8. The molecule has 4 nitrogen and oxygen atoms in total. The summed E-state index contributed by atoms with van der Waals surface area (Å²) in [5.74, 6) is -0.0165. The van der Waals surface area contributed by atoms with E-state index in [2.05, 4.69) is 18.2 Å². The maximum atomic E-state index is 13.2. The summed E-state index contributed by atoms with van der Waals surface area (Å²) < 4.78 is 1.89. The lowest BCUT2D eigenvalue weighted by atomic mass is 9.83. The number of benzene rings is 3. The van der Waals surface area contributed by atoms with Crippen molar-refractivity contribution in [2.75, 3.05) is 13.2 Å². The minimum absolute atomic E-state index is 0.0134. The molecule has 0 amide bonds. The average Bonchev–Trinajstić information content (AvgIpc) is 2.83. The fourth-order valence-electron chi connectivity index (χ4n) is 3.70. The van der Waals surface area contributed by atoms with Crippen molar-refractivity contribution in [2.45, 2.75) is 40.9 Å². The van der Waals surface area contributed by atoms with Crippen molar-refractivity contribution in [3.05, 3.63) is 82.0 Å². The first-order valence-electron chi connectivity index (χ1n) is 10.9. The van der Waals surface area contributed by atoms with Crippen LogP contribution < -0.4 is 11.2 Å². The minimum atomic E-state index is -1.02. The highest BCUT2D eigenvalue weighted by atomic mass is 32.2. The second-order valence-corrected chi connectivity index (χ2v) is 10.8. The van der Waals surface area contributed by atoms with E-state index >= 15 is 0 Å². The van der Waals surface area contributed by atoms with Crippen LogP contribution in [0.1, 0.15) is 30.3 Å². The first-order valence-corrected chi connectivity index (χ1v) is 12.5. The van der Waals surface area contributed by atoms with E-state index in [1.54, 1.807) is 23.1 Å². The Hall–Kier alpha value is -2.16. The Balaban J connectivity index is 1.64. The average molecular weight is 475 g/mol. The van der Waals surface area contributed by atoms with Crippen LogP contribution in [-0.2, 0) is 6.42 Å². The van der Waals surface area contributed by atoms with Gasteiger partial charge in [0.15, 0.2) is 5.43 Å². The van der Waals surface area contributed by atoms with Crippen molar-refractivity contribution in [3.8, 4) is 0 Å². The topological polar surface area (TPSA) is 83.6 Å². The molecule has 2 radical (unpaired) electrons. The monoisotopic (exact) mass is 475 g/mol. The molecule has 168 valence electrons. The third-order valence-electron chi connectivity index (χ3n) is 5.87. The smallest absolute Gasteiger partial charge is 0.195 e. The van der Waals surface area contributed by atoms with Gasteiger partial charge in [-0.1, -0.05) is 48.3 Å². The van der Waals surface area contributed by atoms with Gasteiger partial charge in [-0.15, -0.1) is 11.3 Å². The van der Waals surface area contributed by atoms with Crippen LogP contribution in [-0.4, -0.2) is 36.8 Å². The molecule has 33 heavy (non-hydrogen) atoms. The summed E-state index contributed by atoms with van der Waals surface area (Å²) in [7, 11) is 6.01. The number of fused-ring (bicyclic) bond motifs is 2. The van der Waals surface area contributed by atoms with Crippen LogP contribution in [0.5, 0.6) is 0 Å². The molecule has 0 bridgehead atoms. The van der Waals surface area contributed by atoms with Crippen molar-refractivity contribution >= 4 is 51.1 Å². The molecule has 0 aliphatic rings. The van der Waals surface area contributed by atoms with Crippen LogP contribution in [0.15, 0.2) is 75.2 Å². The molecule has 1 aromatic heterocycles. The normalized spacial score (nSPS) is 13.0. The van der Waals surface area contributed by atoms with Gasteiger partial charge in [0.25, 0.3) is 0 Å². The van der Waals surface area contributed by atoms with E-state index in [1.807, 2.05) is 49.4 Å². The fourth-order valence-corrected chi connectivity index (χ4v) is 5.79. The van der Waals surface area contributed by atoms with Crippen molar-refractivity contribution in [2.24, 2.45) is 5.73 Å². The van der Waals surface area contributed by atoms with E-state index in [0.717, 1.165) is 30.3 Å². The zero-order valence-corrected chi connectivity index (χ0v) is 20.1. The summed E-state index contributed by atoms with van der Waals surface area (Å²) in [5.41, 5.74) is 7.04. The van der Waals surface area contributed by atoms with Crippen LogP contribution in [0.25, 0.3) is 20.2 Å². The summed E-state index contributed by atoms with van der Waals surface area (Å²) in [4.78, 5) is 15.4. The molecular weight excluding hydrogens is 449 g/mol. The first-order chi connectivity index (χ1) is 15.8. The van der Waals surface area contributed by atoms with E-state index in [-0.39, 0.29) is 24.5 Å². The third-order valence-corrected chi connectivity index (χ3v) is 7.98. The van der Waals surface area contributed by atoms with E-state index in [1.165, 1.54) is 0 Å². The quantitative estimate of drug-likeness (QED) is 0.260. The summed E-state index contributed by atoms with van der Waals surface area (Å²) in [6, 6.07) is 20.0. The standard InChI is InChI=1S/C26H26BNO3S2/c1-16(27)18-3-2-4-19(12-18)32-20-6-7-21-24(13-20)33-23-8-5-17(11-22(23)25(21)31)9-10-26(28,14-29)15-30/h2-8,11-13,16,29-30H,9-10,14-15,28H2,1H3. The molecule has 0 saturated carbocycles. The zero-order valence-electron chi connectivity index (χ0n) is 18.5. The molecular formula is C26H26BNO3S2. The minimum Gasteiger partial charge on any atom is -0.394 e. The van der Waals surface area contributed by atoms with Gasteiger partial charge in [-0.25, -0.2) is 0 Å². The molecule has 0 spiro atoms. The SMILES string of the molecule is [B]C(C)c1cccc(Sc2ccc3c(=O)c4cc(CCC(N)(CO)CO)ccc4sc3c2)c1. The molecule has 0 fully saturated rings. The van der Waals surface area contributed by atoms with Gasteiger partial charge in [-0.05, 0) is 60.9 Å². The van der Waals surface area contributed by atoms with Crippen molar-refractivity contribution < 1.29 is 10.2 Å². The first kappa shape index (κ1) is 24.0. The highest BCUT2D eigenvalue weighted by molar-refractivity contribution is 7.99. The Bertz CT molecular complexity index is 1350. The molecule has 1 heterocycles.